The number of nitrogens with two attached hydrogens (primary N) is 1. The molecule has 15 heavy (non-hydrogen) atoms. The molecular formula is C9H16N4O2. The highest BCUT2D eigenvalue weighted by Crippen LogP contribution is 2.02. The van der Waals surface area contributed by atoms with Crippen molar-refractivity contribution in [3.05, 3.63) is 12.2 Å². The van der Waals surface area contributed by atoms with Crippen LogP contribution in [-0.2, 0) is 11.3 Å². The number of nitrogens with zero attached hydrogens (tertiary/aromatic N) is 2. The maximum Gasteiger partial charge on any atom is 0.220 e. The molecule has 0 aromatic carbocycles. The summed E-state index contributed by atoms with van der Waals surface area (Å²) in [5.41, 5.74) is 5.45. The molecule has 1 atom stereocenters. The number of hydrogen-bond acceptors (Lipinski definition) is 5. The number of amides is 1. The Morgan fingerprint density at radius 1 is 1.73 bits per heavy atom. The normalized spacial score (nSPS) is 12.4. The lowest BCUT2D eigenvalue weighted by atomic mass is 10.1. The third-order valence-corrected chi connectivity index (χ3v) is 2.12. The van der Waals surface area contributed by atoms with E-state index >= 15 is 0 Å². The Morgan fingerprint density at radius 2 is 2.53 bits per heavy atom. The van der Waals surface area contributed by atoms with E-state index in [9.17, 15) is 4.79 Å². The molecule has 3 N–H and O–H groups in total. The van der Waals surface area contributed by atoms with Crippen LogP contribution in [0.15, 0.2) is 10.9 Å². The van der Waals surface area contributed by atoms with Crippen molar-refractivity contribution in [2.45, 2.75) is 26.3 Å². The van der Waals surface area contributed by atoms with Gasteiger partial charge in [-0.05, 0) is 18.9 Å². The van der Waals surface area contributed by atoms with Gasteiger partial charge in [-0.3, -0.25) is 4.79 Å². The van der Waals surface area contributed by atoms with E-state index in [2.05, 4.69) is 20.0 Å². The van der Waals surface area contributed by atoms with Crippen LogP contribution in [0.5, 0.6) is 0 Å². The zero-order valence-electron chi connectivity index (χ0n) is 8.77. The van der Waals surface area contributed by atoms with Gasteiger partial charge < -0.3 is 15.6 Å². The summed E-state index contributed by atoms with van der Waals surface area (Å²) in [4.78, 5) is 15.1. The molecule has 1 heterocycles. The van der Waals surface area contributed by atoms with Crippen molar-refractivity contribution in [1.29, 1.82) is 0 Å². The molecule has 84 valence electrons. The van der Waals surface area contributed by atoms with Gasteiger partial charge in [0.1, 0.15) is 0 Å². The van der Waals surface area contributed by atoms with E-state index in [4.69, 9.17) is 5.73 Å². The summed E-state index contributed by atoms with van der Waals surface area (Å²) in [5, 5.41) is 6.28. The van der Waals surface area contributed by atoms with E-state index in [1.807, 2.05) is 6.92 Å². The van der Waals surface area contributed by atoms with E-state index in [0.29, 0.717) is 31.3 Å². The van der Waals surface area contributed by atoms with Crippen molar-refractivity contribution in [3.63, 3.8) is 0 Å². The van der Waals surface area contributed by atoms with Crippen LogP contribution in [0.4, 0.5) is 0 Å². The molecule has 0 spiro atoms. The van der Waals surface area contributed by atoms with Crippen LogP contribution in [0.25, 0.3) is 0 Å². The topological polar surface area (TPSA) is 94.0 Å². The van der Waals surface area contributed by atoms with Gasteiger partial charge in [0.15, 0.2) is 5.82 Å². The van der Waals surface area contributed by atoms with Gasteiger partial charge in [0.2, 0.25) is 12.3 Å². The number of rotatable bonds is 6. The van der Waals surface area contributed by atoms with E-state index in [0.717, 1.165) is 6.42 Å². The largest absolute Gasteiger partial charge is 0.349 e. The van der Waals surface area contributed by atoms with Gasteiger partial charge >= 0.3 is 0 Å². The van der Waals surface area contributed by atoms with Crippen molar-refractivity contribution in [2.75, 3.05) is 6.54 Å². The van der Waals surface area contributed by atoms with E-state index in [-0.39, 0.29) is 5.91 Å². The molecule has 0 saturated carbocycles. The number of aromatic nitrogens is 2. The molecular weight excluding hydrogens is 196 g/mol. The van der Waals surface area contributed by atoms with Crippen molar-refractivity contribution in [1.82, 2.24) is 15.5 Å². The molecule has 0 aliphatic heterocycles. The second-order valence-corrected chi connectivity index (χ2v) is 3.50. The van der Waals surface area contributed by atoms with Crippen LogP contribution in [-0.4, -0.2) is 22.6 Å². The van der Waals surface area contributed by atoms with Gasteiger partial charge in [-0.1, -0.05) is 12.1 Å². The molecule has 0 fully saturated rings. The number of hydrogen-bond donors (Lipinski definition) is 2. The highest BCUT2D eigenvalue weighted by Gasteiger charge is 2.06. The second-order valence-electron chi connectivity index (χ2n) is 3.50. The van der Waals surface area contributed by atoms with Crippen LogP contribution >= 0.6 is 0 Å². The Bertz CT molecular complexity index is 286. The summed E-state index contributed by atoms with van der Waals surface area (Å²) in [6, 6.07) is 0. The quantitative estimate of drug-likeness (QED) is 0.695. The minimum Gasteiger partial charge on any atom is -0.349 e. The van der Waals surface area contributed by atoms with Crippen LogP contribution in [0.2, 0.25) is 0 Å². The summed E-state index contributed by atoms with van der Waals surface area (Å²) in [7, 11) is 0. The molecule has 6 heteroatoms. The molecule has 0 aliphatic carbocycles. The Morgan fingerprint density at radius 3 is 3.13 bits per heavy atom. The zero-order chi connectivity index (χ0) is 11.1. The smallest absolute Gasteiger partial charge is 0.220 e. The maximum atomic E-state index is 11.3. The third kappa shape index (κ3) is 4.55. The summed E-state index contributed by atoms with van der Waals surface area (Å²) >= 11 is 0. The first-order valence-corrected chi connectivity index (χ1v) is 4.94. The first-order chi connectivity index (χ1) is 7.22. The van der Waals surface area contributed by atoms with Crippen molar-refractivity contribution in [2.24, 2.45) is 11.7 Å². The molecule has 1 amide bonds. The molecule has 0 saturated heterocycles. The lowest BCUT2D eigenvalue weighted by molar-refractivity contribution is -0.121. The first-order valence-electron chi connectivity index (χ1n) is 4.94. The fourth-order valence-electron chi connectivity index (χ4n) is 1.03. The minimum absolute atomic E-state index is 0.0138. The highest BCUT2D eigenvalue weighted by atomic mass is 16.5. The molecule has 1 aromatic rings. The van der Waals surface area contributed by atoms with Crippen LogP contribution in [0.1, 0.15) is 25.6 Å². The monoisotopic (exact) mass is 212 g/mol. The predicted molar refractivity (Wildman–Crippen MR) is 53.6 cm³/mol. The molecule has 1 rings (SSSR count). The van der Waals surface area contributed by atoms with Crippen molar-refractivity contribution in [3.8, 4) is 0 Å². The van der Waals surface area contributed by atoms with Crippen LogP contribution in [0, 0.1) is 5.92 Å². The fraction of sp³-hybridized carbons (Fsp3) is 0.667. The Kier molecular flexibility index (Phi) is 4.76. The highest BCUT2D eigenvalue weighted by molar-refractivity contribution is 5.75. The number of nitrogens with one attached hydrogen (secondary N) is 1. The summed E-state index contributed by atoms with van der Waals surface area (Å²) in [6.45, 7) is 2.94. The minimum atomic E-state index is -0.0138. The zero-order valence-corrected chi connectivity index (χ0v) is 8.77. The first kappa shape index (κ1) is 11.6. The van der Waals surface area contributed by atoms with Gasteiger partial charge in [-0.25, -0.2) is 0 Å². The van der Waals surface area contributed by atoms with Crippen molar-refractivity contribution >= 4 is 5.91 Å². The van der Waals surface area contributed by atoms with Crippen LogP contribution in [0.3, 0.4) is 0 Å². The molecule has 0 radical (unpaired) electrons. The SMILES string of the molecule is CC(CN)CCC(=O)NCc1ncon1. The van der Waals surface area contributed by atoms with Gasteiger partial charge in [0.05, 0.1) is 6.54 Å². The molecule has 6 nitrogen and oxygen atoms in total. The summed E-state index contributed by atoms with van der Waals surface area (Å²) < 4.78 is 4.53. The fourth-order valence-corrected chi connectivity index (χ4v) is 1.03. The van der Waals surface area contributed by atoms with Gasteiger partial charge in [-0.2, -0.15) is 4.98 Å². The lowest BCUT2D eigenvalue weighted by Gasteiger charge is -2.07. The third-order valence-electron chi connectivity index (χ3n) is 2.12. The average molecular weight is 212 g/mol. The predicted octanol–water partition coefficient (Wildman–Crippen LogP) is 0.0608. The van der Waals surface area contributed by atoms with Crippen molar-refractivity contribution < 1.29 is 9.32 Å². The number of carbonyl (C=O) groups excluding carboxylic acids is 1. The average Bonchev–Trinajstić information content (AvgIpc) is 2.75. The van der Waals surface area contributed by atoms with E-state index in [1.54, 1.807) is 0 Å². The maximum absolute atomic E-state index is 11.3. The summed E-state index contributed by atoms with van der Waals surface area (Å²) in [6.07, 6.45) is 2.52. The van der Waals surface area contributed by atoms with E-state index in [1.165, 1.54) is 6.39 Å². The molecule has 1 unspecified atom stereocenters. The van der Waals surface area contributed by atoms with Gasteiger partial charge in [0.25, 0.3) is 0 Å². The molecule has 0 aliphatic rings. The summed E-state index contributed by atoms with van der Waals surface area (Å²) in [5.74, 6) is 0.844. The van der Waals surface area contributed by atoms with Gasteiger partial charge in [-0.15, -0.1) is 0 Å². The Hall–Kier alpha value is -1.43. The number of carbonyl (C=O) groups is 1. The Balaban J connectivity index is 2.14. The Labute approximate surface area is 88.2 Å². The van der Waals surface area contributed by atoms with E-state index < -0.39 is 0 Å². The van der Waals surface area contributed by atoms with Gasteiger partial charge in [0, 0.05) is 6.42 Å². The molecule has 0 bridgehead atoms. The second kappa shape index (κ2) is 6.13. The van der Waals surface area contributed by atoms with Crippen LogP contribution < -0.4 is 11.1 Å². The lowest BCUT2D eigenvalue weighted by Crippen LogP contribution is -2.24. The molecule has 1 aromatic heterocycles. The standard InChI is InChI=1S/C9H16N4O2/c1-7(4-10)2-3-9(14)11-5-8-12-6-15-13-8/h6-7H,2-5,10H2,1H3,(H,11,14).